The molecule has 9 heteroatoms. The summed E-state index contributed by atoms with van der Waals surface area (Å²) in [6.45, 7) is 0. The number of amides is 1. The number of rotatable bonds is 2. The van der Waals surface area contributed by atoms with Crippen molar-refractivity contribution in [3.63, 3.8) is 0 Å². The zero-order valence-electron chi connectivity index (χ0n) is 9.03. The number of alkyl halides is 3. The van der Waals surface area contributed by atoms with Crippen LogP contribution in [-0.4, -0.2) is 16.1 Å². The molecule has 0 aliphatic carbocycles. The zero-order chi connectivity index (χ0) is 14.0. The second-order valence-electron chi connectivity index (χ2n) is 3.39. The molecule has 0 spiro atoms. The number of benzene rings is 1. The minimum absolute atomic E-state index is 0.0196. The fourth-order valence-electron chi connectivity index (χ4n) is 1.25. The van der Waals surface area contributed by atoms with Crippen molar-refractivity contribution in [2.24, 2.45) is 0 Å². The SMILES string of the molecule is O=C(Nc1cccc(C(F)(F)F)c1)c1nnc(Cl)s1. The Morgan fingerprint density at radius 3 is 2.63 bits per heavy atom. The lowest BCUT2D eigenvalue weighted by Crippen LogP contribution is -2.13. The van der Waals surface area contributed by atoms with Gasteiger partial charge in [-0.3, -0.25) is 4.79 Å². The molecule has 0 unspecified atom stereocenters. The van der Waals surface area contributed by atoms with Crippen LogP contribution in [0.4, 0.5) is 18.9 Å². The van der Waals surface area contributed by atoms with E-state index in [1.54, 1.807) is 0 Å². The highest BCUT2D eigenvalue weighted by Crippen LogP contribution is 2.30. The van der Waals surface area contributed by atoms with Crippen molar-refractivity contribution in [1.82, 2.24) is 10.2 Å². The van der Waals surface area contributed by atoms with Crippen LogP contribution in [0.2, 0.25) is 4.47 Å². The van der Waals surface area contributed by atoms with Gasteiger partial charge in [-0.05, 0) is 29.8 Å². The first-order valence-electron chi connectivity index (χ1n) is 4.84. The van der Waals surface area contributed by atoms with Crippen molar-refractivity contribution < 1.29 is 18.0 Å². The van der Waals surface area contributed by atoms with Crippen LogP contribution in [0.25, 0.3) is 0 Å². The van der Waals surface area contributed by atoms with Crippen molar-refractivity contribution in [2.45, 2.75) is 6.18 Å². The largest absolute Gasteiger partial charge is 0.416 e. The van der Waals surface area contributed by atoms with Crippen molar-refractivity contribution in [1.29, 1.82) is 0 Å². The fraction of sp³-hybridized carbons (Fsp3) is 0.100. The highest BCUT2D eigenvalue weighted by Gasteiger charge is 2.30. The lowest BCUT2D eigenvalue weighted by molar-refractivity contribution is -0.137. The van der Waals surface area contributed by atoms with Crippen molar-refractivity contribution in [2.75, 3.05) is 5.32 Å². The lowest BCUT2D eigenvalue weighted by atomic mass is 10.2. The Morgan fingerprint density at radius 2 is 2.05 bits per heavy atom. The number of nitrogens with zero attached hydrogens (tertiary/aromatic N) is 2. The molecule has 1 aromatic carbocycles. The Hall–Kier alpha value is -1.67. The molecule has 0 radical (unpaired) electrons. The summed E-state index contributed by atoms with van der Waals surface area (Å²) < 4.78 is 37.5. The van der Waals surface area contributed by atoms with Gasteiger partial charge in [0.2, 0.25) is 9.47 Å². The number of hydrogen-bond donors (Lipinski definition) is 1. The lowest BCUT2D eigenvalue weighted by Gasteiger charge is -2.08. The quantitative estimate of drug-likeness (QED) is 0.924. The van der Waals surface area contributed by atoms with Gasteiger partial charge < -0.3 is 5.32 Å². The molecule has 1 aromatic heterocycles. The summed E-state index contributed by atoms with van der Waals surface area (Å²) in [5.74, 6) is -0.663. The number of hydrogen-bond acceptors (Lipinski definition) is 4. The number of anilines is 1. The van der Waals surface area contributed by atoms with E-state index in [0.717, 1.165) is 23.5 Å². The fourth-order valence-corrected chi connectivity index (χ4v) is 1.98. The Bertz CT molecular complexity index is 614. The third-order valence-corrected chi connectivity index (χ3v) is 3.06. The normalized spacial score (nSPS) is 11.4. The van der Waals surface area contributed by atoms with E-state index in [0.29, 0.717) is 0 Å². The van der Waals surface area contributed by atoms with Crippen molar-refractivity contribution in [3.8, 4) is 0 Å². The highest BCUT2D eigenvalue weighted by molar-refractivity contribution is 7.17. The van der Waals surface area contributed by atoms with Crippen LogP contribution in [0.5, 0.6) is 0 Å². The molecule has 19 heavy (non-hydrogen) atoms. The van der Waals surface area contributed by atoms with Crippen LogP contribution in [0.1, 0.15) is 15.4 Å². The van der Waals surface area contributed by atoms with Crippen LogP contribution >= 0.6 is 22.9 Å². The van der Waals surface area contributed by atoms with Gasteiger partial charge in [0.25, 0.3) is 5.91 Å². The summed E-state index contributed by atoms with van der Waals surface area (Å²) >= 11 is 6.34. The number of halogens is 4. The molecule has 0 fully saturated rings. The Labute approximate surface area is 114 Å². The van der Waals surface area contributed by atoms with E-state index < -0.39 is 17.6 Å². The van der Waals surface area contributed by atoms with Crippen LogP contribution in [0, 0.1) is 0 Å². The molecule has 0 saturated heterocycles. The molecule has 0 atom stereocenters. The summed E-state index contributed by atoms with van der Waals surface area (Å²) in [6, 6.07) is 4.29. The maximum absolute atomic E-state index is 12.5. The molecule has 4 nitrogen and oxygen atoms in total. The van der Waals surface area contributed by atoms with Gasteiger partial charge in [-0.25, -0.2) is 0 Å². The van der Waals surface area contributed by atoms with Gasteiger partial charge in [0.1, 0.15) is 0 Å². The van der Waals surface area contributed by atoms with Crippen LogP contribution in [0.15, 0.2) is 24.3 Å². The molecule has 0 aliphatic heterocycles. The minimum atomic E-state index is -4.47. The topological polar surface area (TPSA) is 54.9 Å². The predicted octanol–water partition coefficient (Wildman–Crippen LogP) is 3.46. The van der Waals surface area contributed by atoms with Crippen molar-refractivity contribution >= 4 is 34.5 Å². The molecular formula is C10H5ClF3N3OS. The van der Waals surface area contributed by atoms with Crippen LogP contribution in [0.3, 0.4) is 0 Å². The van der Waals surface area contributed by atoms with E-state index in [1.807, 2.05) is 0 Å². The van der Waals surface area contributed by atoms with Gasteiger partial charge in [0.15, 0.2) is 0 Å². The monoisotopic (exact) mass is 307 g/mol. The highest BCUT2D eigenvalue weighted by atomic mass is 35.5. The Morgan fingerprint density at radius 1 is 1.32 bits per heavy atom. The summed E-state index contributed by atoms with van der Waals surface area (Å²) in [4.78, 5) is 11.6. The molecule has 0 saturated carbocycles. The Kier molecular flexibility index (Phi) is 3.72. The van der Waals surface area contributed by atoms with E-state index >= 15 is 0 Å². The number of carbonyl (C=O) groups excluding carboxylic acids is 1. The van der Waals surface area contributed by atoms with Gasteiger partial charge in [0, 0.05) is 5.69 Å². The van der Waals surface area contributed by atoms with Gasteiger partial charge >= 0.3 is 6.18 Å². The Balaban J connectivity index is 2.18. The standard InChI is InChI=1S/C10H5ClF3N3OS/c11-9-17-16-8(19-9)7(18)15-6-3-1-2-5(4-6)10(12,13)14/h1-4H,(H,15,18). The molecule has 1 heterocycles. The third-order valence-electron chi connectivity index (χ3n) is 2.04. The number of aromatic nitrogens is 2. The average molecular weight is 308 g/mol. The zero-order valence-corrected chi connectivity index (χ0v) is 10.6. The second-order valence-corrected chi connectivity index (χ2v) is 4.95. The number of carbonyl (C=O) groups is 1. The van der Waals surface area contributed by atoms with Crippen molar-refractivity contribution in [3.05, 3.63) is 39.3 Å². The molecule has 2 rings (SSSR count). The molecular weight excluding hydrogens is 303 g/mol. The van der Waals surface area contributed by atoms with E-state index in [9.17, 15) is 18.0 Å². The summed E-state index contributed by atoms with van der Waals surface area (Å²) in [6.07, 6.45) is -4.47. The third kappa shape index (κ3) is 3.42. The maximum atomic E-state index is 12.5. The first-order valence-corrected chi connectivity index (χ1v) is 6.03. The first kappa shape index (κ1) is 13.8. The molecule has 0 aliphatic rings. The minimum Gasteiger partial charge on any atom is -0.320 e. The van der Waals surface area contributed by atoms with E-state index in [4.69, 9.17) is 11.6 Å². The maximum Gasteiger partial charge on any atom is 0.416 e. The molecule has 100 valence electrons. The molecule has 1 N–H and O–H groups in total. The molecule has 2 aromatic rings. The van der Waals surface area contributed by atoms with Gasteiger partial charge in [-0.15, -0.1) is 10.2 Å². The first-order chi connectivity index (χ1) is 8.86. The van der Waals surface area contributed by atoms with E-state index in [2.05, 4.69) is 15.5 Å². The number of nitrogens with one attached hydrogen (secondary N) is 1. The summed E-state index contributed by atoms with van der Waals surface area (Å²) in [5.41, 5.74) is -0.827. The van der Waals surface area contributed by atoms with Crippen LogP contribution < -0.4 is 5.32 Å². The predicted molar refractivity (Wildman–Crippen MR) is 64.3 cm³/mol. The van der Waals surface area contributed by atoms with E-state index in [1.165, 1.54) is 12.1 Å². The van der Waals surface area contributed by atoms with Gasteiger partial charge in [-0.1, -0.05) is 17.4 Å². The molecule has 0 bridgehead atoms. The smallest absolute Gasteiger partial charge is 0.320 e. The van der Waals surface area contributed by atoms with Gasteiger partial charge in [0.05, 0.1) is 5.56 Å². The van der Waals surface area contributed by atoms with Crippen LogP contribution in [-0.2, 0) is 6.18 Å². The summed E-state index contributed by atoms with van der Waals surface area (Å²) in [5, 5.41) is 9.18. The van der Waals surface area contributed by atoms with Gasteiger partial charge in [-0.2, -0.15) is 13.2 Å². The summed E-state index contributed by atoms with van der Waals surface area (Å²) in [7, 11) is 0. The molecule has 1 amide bonds. The van der Waals surface area contributed by atoms with E-state index in [-0.39, 0.29) is 15.2 Å². The second kappa shape index (κ2) is 5.14. The average Bonchev–Trinajstić information content (AvgIpc) is 2.75.